The fourth-order valence-electron chi connectivity index (χ4n) is 3.21. The number of thioether (sulfide) groups is 1. The van der Waals surface area contributed by atoms with Crippen molar-refractivity contribution in [2.24, 2.45) is 0 Å². The summed E-state index contributed by atoms with van der Waals surface area (Å²) >= 11 is 10.7. The Labute approximate surface area is 175 Å². The van der Waals surface area contributed by atoms with Crippen molar-refractivity contribution in [1.29, 1.82) is 0 Å². The number of hydrogen-bond acceptors (Lipinski definition) is 3. The fourth-order valence-corrected chi connectivity index (χ4v) is 4.68. The van der Waals surface area contributed by atoms with E-state index in [9.17, 15) is 0 Å². The van der Waals surface area contributed by atoms with Gasteiger partial charge in [0.1, 0.15) is 0 Å². The summed E-state index contributed by atoms with van der Waals surface area (Å²) in [5.74, 6) is 4.92. The first-order chi connectivity index (χ1) is 12.4. The molecule has 0 saturated heterocycles. The van der Waals surface area contributed by atoms with Crippen LogP contribution in [-0.4, -0.2) is 23.0 Å². The molecule has 0 N–H and O–H groups in total. The third-order valence-electron chi connectivity index (χ3n) is 4.89. The predicted molar refractivity (Wildman–Crippen MR) is 128 cm³/mol. The summed E-state index contributed by atoms with van der Waals surface area (Å²) < 4.78 is 0. The van der Waals surface area contributed by atoms with E-state index >= 15 is 0 Å². The standard InChI is InChI=1S/C22H46S3/c23-19-15-11-7-3-1-5-9-13-17-21-25-22-18-14-10-6-2-4-8-12-16-20-24/h23-24H,1-22H2. The maximum atomic E-state index is 4.26. The van der Waals surface area contributed by atoms with Crippen molar-refractivity contribution in [3.8, 4) is 0 Å². The molecule has 0 bridgehead atoms. The van der Waals surface area contributed by atoms with Gasteiger partial charge in [-0.15, -0.1) is 0 Å². The first kappa shape index (κ1) is 26.1. The van der Waals surface area contributed by atoms with Crippen LogP contribution in [0.2, 0.25) is 0 Å². The summed E-state index contributed by atoms with van der Waals surface area (Å²) in [5.41, 5.74) is 0. The summed E-state index contributed by atoms with van der Waals surface area (Å²) in [6, 6.07) is 0. The molecule has 0 aliphatic heterocycles. The van der Waals surface area contributed by atoms with Crippen LogP contribution in [0.25, 0.3) is 0 Å². The summed E-state index contributed by atoms with van der Waals surface area (Å²) in [6.07, 6.45) is 25.6. The van der Waals surface area contributed by atoms with Gasteiger partial charge in [-0.25, -0.2) is 0 Å². The minimum Gasteiger partial charge on any atom is -0.179 e. The highest BCUT2D eigenvalue weighted by atomic mass is 32.2. The Balaban J connectivity index is 2.94. The Morgan fingerprint density at radius 3 is 0.840 bits per heavy atom. The molecule has 0 aromatic rings. The van der Waals surface area contributed by atoms with Crippen molar-refractivity contribution in [3.63, 3.8) is 0 Å². The van der Waals surface area contributed by atoms with Crippen LogP contribution < -0.4 is 0 Å². The quantitative estimate of drug-likeness (QED) is 0.134. The van der Waals surface area contributed by atoms with Gasteiger partial charge in [-0.1, -0.05) is 89.9 Å². The molecule has 0 rings (SSSR count). The SMILES string of the molecule is SCCCCCCCCCCCSCCCCCCCCCCCS. The lowest BCUT2D eigenvalue weighted by Gasteiger charge is -2.04. The molecule has 0 fully saturated rings. The average molecular weight is 407 g/mol. The molecular formula is C22H46S3. The van der Waals surface area contributed by atoms with Gasteiger partial charge in [0.2, 0.25) is 0 Å². The van der Waals surface area contributed by atoms with E-state index in [0.29, 0.717) is 0 Å². The molecule has 0 radical (unpaired) electrons. The zero-order valence-corrected chi connectivity index (χ0v) is 19.5. The Kier molecular flexibility index (Phi) is 26.1. The molecule has 0 heterocycles. The van der Waals surface area contributed by atoms with Gasteiger partial charge in [-0.2, -0.15) is 37.0 Å². The van der Waals surface area contributed by atoms with Crippen LogP contribution >= 0.6 is 37.0 Å². The molecule has 0 saturated carbocycles. The molecule has 0 unspecified atom stereocenters. The van der Waals surface area contributed by atoms with Crippen LogP contribution in [0, 0.1) is 0 Å². The smallest absolute Gasteiger partial charge is 0.00675 e. The third kappa shape index (κ3) is 25.1. The Hall–Kier alpha value is 1.05. The van der Waals surface area contributed by atoms with Crippen LogP contribution in [0.5, 0.6) is 0 Å². The topological polar surface area (TPSA) is 0 Å². The van der Waals surface area contributed by atoms with Crippen LogP contribution in [0.4, 0.5) is 0 Å². The summed E-state index contributed by atoms with van der Waals surface area (Å²) in [4.78, 5) is 0. The van der Waals surface area contributed by atoms with E-state index in [1.54, 1.807) is 0 Å². The molecular weight excluding hydrogens is 360 g/mol. The van der Waals surface area contributed by atoms with Gasteiger partial charge in [0.15, 0.2) is 0 Å². The number of unbranched alkanes of at least 4 members (excludes halogenated alkanes) is 16. The first-order valence-corrected chi connectivity index (χ1v) is 13.6. The van der Waals surface area contributed by atoms with Crippen LogP contribution in [-0.2, 0) is 0 Å². The van der Waals surface area contributed by atoms with E-state index in [0.717, 1.165) is 11.5 Å². The summed E-state index contributed by atoms with van der Waals surface area (Å²) in [7, 11) is 0. The van der Waals surface area contributed by atoms with Gasteiger partial charge in [0.05, 0.1) is 0 Å². The molecule has 0 spiro atoms. The summed E-state index contributed by atoms with van der Waals surface area (Å²) in [6.45, 7) is 0. The molecule has 0 aromatic carbocycles. The van der Waals surface area contributed by atoms with Crippen molar-refractivity contribution in [2.45, 2.75) is 116 Å². The van der Waals surface area contributed by atoms with Gasteiger partial charge < -0.3 is 0 Å². The zero-order valence-electron chi connectivity index (χ0n) is 16.9. The third-order valence-corrected chi connectivity index (χ3v) is 6.68. The van der Waals surface area contributed by atoms with Crippen LogP contribution in [0.3, 0.4) is 0 Å². The number of hydrogen-bond donors (Lipinski definition) is 2. The lowest BCUT2D eigenvalue weighted by atomic mass is 10.1. The Morgan fingerprint density at radius 2 is 0.560 bits per heavy atom. The van der Waals surface area contributed by atoms with Crippen molar-refractivity contribution < 1.29 is 0 Å². The highest BCUT2D eigenvalue weighted by molar-refractivity contribution is 7.99. The van der Waals surface area contributed by atoms with E-state index < -0.39 is 0 Å². The van der Waals surface area contributed by atoms with Gasteiger partial charge >= 0.3 is 0 Å². The Morgan fingerprint density at radius 1 is 0.320 bits per heavy atom. The zero-order chi connectivity index (χ0) is 18.3. The van der Waals surface area contributed by atoms with Crippen molar-refractivity contribution >= 4 is 37.0 Å². The largest absolute Gasteiger partial charge is 0.179 e. The molecule has 0 aliphatic carbocycles. The second-order valence-electron chi connectivity index (χ2n) is 7.42. The normalized spacial score (nSPS) is 11.3. The fraction of sp³-hybridized carbons (Fsp3) is 1.00. The molecule has 0 aromatic heterocycles. The average Bonchev–Trinajstić information content (AvgIpc) is 2.63. The lowest BCUT2D eigenvalue weighted by molar-refractivity contribution is 0.573. The molecule has 0 nitrogen and oxygen atoms in total. The first-order valence-electron chi connectivity index (χ1n) is 11.2. The molecule has 0 amide bonds. The van der Waals surface area contributed by atoms with E-state index in [1.165, 1.54) is 127 Å². The molecule has 25 heavy (non-hydrogen) atoms. The van der Waals surface area contributed by atoms with Crippen molar-refractivity contribution in [3.05, 3.63) is 0 Å². The second-order valence-corrected chi connectivity index (χ2v) is 9.54. The van der Waals surface area contributed by atoms with Gasteiger partial charge in [-0.3, -0.25) is 0 Å². The maximum Gasteiger partial charge on any atom is -0.00675 e. The minimum absolute atomic E-state index is 1.06. The van der Waals surface area contributed by atoms with Crippen LogP contribution in [0.1, 0.15) is 116 Å². The van der Waals surface area contributed by atoms with E-state index in [-0.39, 0.29) is 0 Å². The van der Waals surface area contributed by atoms with Gasteiger partial charge in [0.25, 0.3) is 0 Å². The van der Waals surface area contributed by atoms with E-state index in [2.05, 4.69) is 37.0 Å². The number of thiol groups is 2. The van der Waals surface area contributed by atoms with Crippen molar-refractivity contribution in [1.82, 2.24) is 0 Å². The minimum atomic E-state index is 1.06. The van der Waals surface area contributed by atoms with Crippen molar-refractivity contribution in [2.75, 3.05) is 23.0 Å². The number of rotatable bonds is 22. The van der Waals surface area contributed by atoms with E-state index in [4.69, 9.17) is 0 Å². The summed E-state index contributed by atoms with van der Waals surface area (Å²) in [5, 5.41) is 0. The Bertz CT molecular complexity index is 199. The monoisotopic (exact) mass is 406 g/mol. The molecule has 3 heteroatoms. The molecule has 0 atom stereocenters. The van der Waals surface area contributed by atoms with E-state index in [1.807, 2.05) is 0 Å². The predicted octanol–water partition coefficient (Wildman–Crippen LogP) is 8.60. The molecule has 152 valence electrons. The van der Waals surface area contributed by atoms with Gasteiger partial charge in [-0.05, 0) is 48.7 Å². The highest BCUT2D eigenvalue weighted by Gasteiger charge is 1.95. The maximum absolute atomic E-state index is 4.26. The second kappa shape index (κ2) is 25.1. The van der Waals surface area contributed by atoms with Gasteiger partial charge in [0, 0.05) is 0 Å². The van der Waals surface area contributed by atoms with Crippen LogP contribution in [0.15, 0.2) is 0 Å². The molecule has 0 aliphatic rings. The lowest BCUT2D eigenvalue weighted by Crippen LogP contribution is -1.87. The highest BCUT2D eigenvalue weighted by Crippen LogP contribution is 2.15.